The first-order valence-corrected chi connectivity index (χ1v) is 7.41. The van der Waals surface area contributed by atoms with Crippen LogP contribution >= 0.6 is 11.8 Å². The average molecular weight is 240 g/mol. The molecule has 0 bridgehead atoms. The normalized spacial score (nSPS) is 32.0. The zero-order valence-electron chi connectivity index (χ0n) is 10.8. The van der Waals surface area contributed by atoms with Gasteiger partial charge in [-0.25, -0.2) is 0 Å². The van der Waals surface area contributed by atoms with E-state index in [-0.39, 0.29) is 5.54 Å². The monoisotopic (exact) mass is 240 g/mol. The van der Waals surface area contributed by atoms with Gasteiger partial charge in [-0.2, -0.15) is 17.0 Å². The molecule has 1 saturated carbocycles. The van der Waals surface area contributed by atoms with Crippen LogP contribution in [0, 0.1) is 11.3 Å². The smallest absolute Gasteiger partial charge is 0.107 e. The minimum atomic E-state index is -0.238. The van der Waals surface area contributed by atoms with Crippen molar-refractivity contribution in [2.24, 2.45) is 0 Å². The SMILES string of the molecule is CCNC1(C#N)CCCC(SC(C)CC)C1. The molecule has 1 fully saturated rings. The first kappa shape index (κ1) is 13.9. The number of nitriles is 1. The Kier molecular flexibility index (Phi) is 5.64. The fourth-order valence-corrected chi connectivity index (χ4v) is 3.94. The highest BCUT2D eigenvalue weighted by Crippen LogP contribution is 2.36. The van der Waals surface area contributed by atoms with Crippen molar-refractivity contribution in [3.05, 3.63) is 0 Å². The third kappa shape index (κ3) is 3.68. The summed E-state index contributed by atoms with van der Waals surface area (Å²) in [6, 6.07) is 2.52. The van der Waals surface area contributed by atoms with Crippen LogP contribution in [0.15, 0.2) is 0 Å². The molecule has 1 N–H and O–H groups in total. The predicted octanol–water partition coefficient (Wildman–Crippen LogP) is 3.33. The van der Waals surface area contributed by atoms with Crippen molar-refractivity contribution in [2.45, 2.75) is 68.9 Å². The van der Waals surface area contributed by atoms with Gasteiger partial charge in [-0.1, -0.05) is 20.8 Å². The maximum absolute atomic E-state index is 9.36. The molecule has 0 aromatic rings. The molecule has 0 saturated heterocycles. The van der Waals surface area contributed by atoms with Crippen molar-refractivity contribution in [2.75, 3.05) is 6.54 Å². The Balaban J connectivity index is 2.55. The van der Waals surface area contributed by atoms with E-state index in [0.29, 0.717) is 5.25 Å². The van der Waals surface area contributed by atoms with Crippen LogP contribution in [-0.2, 0) is 0 Å². The summed E-state index contributed by atoms with van der Waals surface area (Å²) in [5, 5.41) is 14.1. The molecule has 3 unspecified atom stereocenters. The van der Waals surface area contributed by atoms with Crippen LogP contribution in [0.4, 0.5) is 0 Å². The number of nitrogens with zero attached hydrogens (tertiary/aromatic N) is 1. The van der Waals surface area contributed by atoms with E-state index < -0.39 is 0 Å². The van der Waals surface area contributed by atoms with Gasteiger partial charge in [-0.05, 0) is 38.6 Å². The second kappa shape index (κ2) is 6.51. The second-order valence-electron chi connectivity index (χ2n) is 4.80. The van der Waals surface area contributed by atoms with Crippen molar-refractivity contribution < 1.29 is 0 Å². The number of rotatable bonds is 5. The standard InChI is InChI=1S/C13H24N2S/c1-4-11(3)16-12-7-6-8-13(9-12,10-14)15-5-2/h11-12,15H,4-9H2,1-3H3. The molecule has 16 heavy (non-hydrogen) atoms. The van der Waals surface area contributed by atoms with Gasteiger partial charge >= 0.3 is 0 Å². The van der Waals surface area contributed by atoms with Crippen molar-refractivity contribution in [3.8, 4) is 6.07 Å². The largest absolute Gasteiger partial charge is 0.300 e. The molecular weight excluding hydrogens is 216 g/mol. The third-order valence-electron chi connectivity index (χ3n) is 3.43. The van der Waals surface area contributed by atoms with Gasteiger partial charge in [0.2, 0.25) is 0 Å². The van der Waals surface area contributed by atoms with Gasteiger partial charge in [0, 0.05) is 10.5 Å². The molecule has 0 radical (unpaired) electrons. The van der Waals surface area contributed by atoms with Crippen molar-refractivity contribution >= 4 is 11.8 Å². The van der Waals surface area contributed by atoms with E-state index >= 15 is 0 Å². The van der Waals surface area contributed by atoms with Crippen LogP contribution in [0.3, 0.4) is 0 Å². The molecule has 0 aliphatic heterocycles. The first-order chi connectivity index (χ1) is 7.65. The molecule has 0 amide bonds. The molecule has 0 spiro atoms. The van der Waals surface area contributed by atoms with Gasteiger partial charge in [0.25, 0.3) is 0 Å². The molecule has 2 nitrogen and oxygen atoms in total. The molecule has 92 valence electrons. The second-order valence-corrected chi connectivity index (χ2v) is 6.54. The Hall–Kier alpha value is -0.200. The molecular formula is C13H24N2S. The van der Waals surface area contributed by atoms with Crippen LogP contribution in [-0.4, -0.2) is 22.6 Å². The minimum absolute atomic E-state index is 0.238. The molecule has 1 rings (SSSR count). The summed E-state index contributed by atoms with van der Waals surface area (Å²) in [6.45, 7) is 7.52. The number of hydrogen-bond donors (Lipinski definition) is 1. The highest BCUT2D eigenvalue weighted by atomic mass is 32.2. The summed E-state index contributed by atoms with van der Waals surface area (Å²) in [4.78, 5) is 0. The Morgan fingerprint density at radius 2 is 2.31 bits per heavy atom. The summed E-state index contributed by atoms with van der Waals surface area (Å²) in [5.74, 6) is 0. The Morgan fingerprint density at radius 3 is 2.88 bits per heavy atom. The maximum atomic E-state index is 9.36. The highest BCUT2D eigenvalue weighted by Gasteiger charge is 2.36. The number of hydrogen-bond acceptors (Lipinski definition) is 3. The molecule has 1 aliphatic carbocycles. The van der Waals surface area contributed by atoms with Crippen LogP contribution < -0.4 is 5.32 Å². The van der Waals surface area contributed by atoms with Crippen LogP contribution in [0.2, 0.25) is 0 Å². The highest BCUT2D eigenvalue weighted by molar-refractivity contribution is 8.00. The van der Waals surface area contributed by atoms with E-state index in [4.69, 9.17) is 0 Å². The number of thioether (sulfide) groups is 1. The lowest BCUT2D eigenvalue weighted by molar-refractivity contribution is 0.309. The van der Waals surface area contributed by atoms with E-state index in [1.807, 2.05) is 0 Å². The molecule has 3 heteroatoms. The van der Waals surface area contributed by atoms with Crippen molar-refractivity contribution in [1.29, 1.82) is 5.26 Å². The Morgan fingerprint density at radius 1 is 1.56 bits per heavy atom. The van der Waals surface area contributed by atoms with E-state index in [1.165, 1.54) is 19.3 Å². The lowest BCUT2D eigenvalue weighted by Crippen LogP contribution is -2.48. The zero-order chi connectivity index (χ0) is 12.0. The van der Waals surface area contributed by atoms with Crippen LogP contribution in [0.5, 0.6) is 0 Å². The Labute approximate surface area is 104 Å². The summed E-state index contributed by atoms with van der Waals surface area (Å²) >= 11 is 2.07. The quantitative estimate of drug-likeness (QED) is 0.800. The van der Waals surface area contributed by atoms with E-state index in [2.05, 4.69) is 43.9 Å². The van der Waals surface area contributed by atoms with E-state index in [9.17, 15) is 5.26 Å². The summed E-state index contributed by atoms with van der Waals surface area (Å²) in [7, 11) is 0. The fourth-order valence-electron chi connectivity index (χ4n) is 2.41. The summed E-state index contributed by atoms with van der Waals surface area (Å²) in [6.07, 6.45) is 5.74. The van der Waals surface area contributed by atoms with Gasteiger partial charge < -0.3 is 0 Å². The van der Waals surface area contributed by atoms with Crippen LogP contribution in [0.25, 0.3) is 0 Å². The summed E-state index contributed by atoms with van der Waals surface area (Å²) < 4.78 is 0. The van der Waals surface area contributed by atoms with Gasteiger partial charge in [-0.3, -0.25) is 5.32 Å². The lowest BCUT2D eigenvalue weighted by Gasteiger charge is -2.36. The molecule has 0 aromatic heterocycles. The number of nitrogens with one attached hydrogen (secondary N) is 1. The predicted molar refractivity (Wildman–Crippen MR) is 71.6 cm³/mol. The van der Waals surface area contributed by atoms with E-state index in [0.717, 1.165) is 24.6 Å². The maximum Gasteiger partial charge on any atom is 0.107 e. The lowest BCUT2D eigenvalue weighted by atomic mass is 9.82. The molecule has 0 heterocycles. The first-order valence-electron chi connectivity index (χ1n) is 6.47. The summed E-state index contributed by atoms with van der Waals surface area (Å²) in [5.41, 5.74) is -0.238. The third-order valence-corrected chi connectivity index (χ3v) is 5.02. The van der Waals surface area contributed by atoms with Gasteiger partial charge in [0.05, 0.1) is 6.07 Å². The van der Waals surface area contributed by atoms with Crippen molar-refractivity contribution in [3.63, 3.8) is 0 Å². The molecule has 0 aromatic carbocycles. The van der Waals surface area contributed by atoms with Gasteiger partial charge in [-0.15, -0.1) is 0 Å². The van der Waals surface area contributed by atoms with Crippen LogP contribution in [0.1, 0.15) is 52.9 Å². The topological polar surface area (TPSA) is 35.8 Å². The zero-order valence-corrected chi connectivity index (χ0v) is 11.6. The minimum Gasteiger partial charge on any atom is -0.300 e. The molecule has 1 aliphatic rings. The van der Waals surface area contributed by atoms with Crippen molar-refractivity contribution in [1.82, 2.24) is 5.32 Å². The van der Waals surface area contributed by atoms with Gasteiger partial charge in [0.15, 0.2) is 0 Å². The Bertz CT molecular complexity index is 245. The van der Waals surface area contributed by atoms with Gasteiger partial charge in [0.1, 0.15) is 5.54 Å². The fraction of sp³-hybridized carbons (Fsp3) is 0.923. The molecule has 3 atom stereocenters. The average Bonchev–Trinajstić information content (AvgIpc) is 2.29. The van der Waals surface area contributed by atoms with E-state index in [1.54, 1.807) is 0 Å².